The van der Waals surface area contributed by atoms with Gasteiger partial charge in [-0.1, -0.05) is 18.2 Å². The molecule has 0 fully saturated rings. The second-order valence-corrected chi connectivity index (χ2v) is 4.33. The maximum atomic E-state index is 5.77. The Morgan fingerprint density at radius 2 is 2.21 bits per heavy atom. The van der Waals surface area contributed by atoms with Crippen LogP contribution in [0.5, 0.6) is 5.75 Å². The molecule has 2 heterocycles. The number of hydrogen-bond donors (Lipinski definition) is 1. The van der Waals surface area contributed by atoms with Gasteiger partial charge < -0.3 is 10.1 Å². The van der Waals surface area contributed by atoms with E-state index in [2.05, 4.69) is 15.3 Å². The van der Waals surface area contributed by atoms with E-state index in [1.54, 1.807) is 6.20 Å². The van der Waals surface area contributed by atoms with Crippen LogP contribution >= 0.6 is 0 Å². The second-order valence-electron chi connectivity index (χ2n) is 4.33. The van der Waals surface area contributed by atoms with E-state index >= 15 is 0 Å². The molecule has 0 saturated heterocycles. The van der Waals surface area contributed by atoms with Crippen LogP contribution in [0.3, 0.4) is 0 Å². The first kappa shape index (κ1) is 11.7. The maximum Gasteiger partial charge on any atom is 0.128 e. The molecule has 0 radical (unpaired) electrons. The molecule has 1 N–H and O–H groups in total. The van der Waals surface area contributed by atoms with Gasteiger partial charge in [0.1, 0.15) is 18.2 Å². The van der Waals surface area contributed by atoms with Gasteiger partial charge in [0.2, 0.25) is 0 Å². The van der Waals surface area contributed by atoms with Gasteiger partial charge in [0.15, 0.2) is 0 Å². The molecule has 0 spiro atoms. The molecular formula is C15H15N3O. The van der Waals surface area contributed by atoms with E-state index < -0.39 is 0 Å². The van der Waals surface area contributed by atoms with Crippen molar-refractivity contribution in [3.05, 3.63) is 59.9 Å². The first-order chi connectivity index (χ1) is 9.42. The van der Waals surface area contributed by atoms with Crippen LogP contribution < -0.4 is 10.1 Å². The molecule has 0 atom stereocenters. The topological polar surface area (TPSA) is 46.5 Å². The van der Waals surface area contributed by atoms with Crippen molar-refractivity contribution in [3.8, 4) is 5.75 Å². The molecule has 1 aromatic carbocycles. The van der Waals surface area contributed by atoms with Crippen LogP contribution in [0, 0.1) is 0 Å². The van der Waals surface area contributed by atoms with Gasteiger partial charge in [0.05, 0.1) is 6.54 Å². The average Bonchev–Trinajstić information content (AvgIpc) is 3.01. The fraction of sp³-hybridized carbons (Fsp3) is 0.200. The Hall–Kier alpha value is -2.36. The van der Waals surface area contributed by atoms with Crippen molar-refractivity contribution >= 4 is 5.84 Å². The van der Waals surface area contributed by atoms with E-state index in [0.29, 0.717) is 6.61 Å². The molecular weight excluding hydrogens is 238 g/mol. The summed E-state index contributed by atoms with van der Waals surface area (Å²) in [5.41, 5.74) is 2.13. The summed E-state index contributed by atoms with van der Waals surface area (Å²) in [6.45, 7) is 2.28. The van der Waals surface area contributed by atoms with E-state index in [1.807, 2.05) is 42.6 Å². The summed E-state index contributed by atoms with van der Waals surface area (Å²) >= 11 is 0. The quantitative estimate of drug-likeness (QED) is 0.906. The smallest absolute Gasteiger partial charge is 0.128 e. The first-order valence-electron chi connectivity index (χ1n) is 6.32. The Morgan fingerprint density at radius 3 is 3.00 bits per heavy atom. The Balaban J connectivity index is 1.70. The van der Waals surface area contributed by atoms with Crippen molar-refractivity contribution < 1.29 is 4.74 Å². The third-order valence-corrected chi connectivity index (χ3v) is 2.91. The largest absolute Gasteiger partial charge is 0.489 e. The Labute approximate surface area is 112 Å². The lowest BCUT2D eigenvalue weighted by molar-refractivity contribution is 0.305. The van der Waals surface area contributed by atoms with Crippen LogP contribution in [-0.4, -0.2) is 23.9 Å². The summed E-state index contributed by atoms with van der Waals surface area (Å²) in [5, 5.41) is 3.26. The number of pyridine rings is 1. The van der Waals surface area contributed by atoms with Gasteiger partial charge in [-0.05, 0) is 18.2 Å². The monoisotopic (exact) mass is 253 g/mol. The minimum atomic E-state index is 0.525. The van der Waals surface area contributed by atoms with E-state index in [1.165, 1.54) is 0 Å². The molecule has 0 aliphatic carbocycles. The predicted octanol–water partition coefficient (Wildman–Crippen LogP) is 2.01. The molecule has 0 bridgehead atoms. The highest BCUT2D eigenvalue weighted by Gasteiger charge is 2.08. The minimum Gasteiger partial charge on any atom is -0.489 e. The van der Waals surface area contributed by atoms with E-state index in [9.17, 15) is 0 Å². The number of nitrogens with one attached hydrogen (secondary N) is 1. The van der Waals surface area contributed by atoms with Crippen molar-refractivity contribution in [2.75, 3.05) is 13.1 Å². The van der Waals surface area contributed by atoms with Gasteiger partial charge >= 0.3 is 0 Å². The van der Waals surface area contributed by atoms with Crippen molar-refractivity contribution in [3.63, 3.8) is 0 Å². The minimum absolute atomic E-state index is 0.525. The first-order valence-corrected chi connectivity index (χ1v) is 6.32. The summed E-state index contributed by atoms with van der Waals surface area (Å²) in [6, 6.07) is 11.9. The molecule has 4 nitrogen and oxygen atoms in total. The summed E-state index contributed by atoms with van der Waals surface area (Å²) < 4.78 is 5.77. The maximum absolute atomic E-state index is 5.77. The molecule has 96 valence electrons. The third-order valence-electron chi connectivity index (χ3n) is 2.91. The number of hydrogen-bond acceptors (Lipinski definition) is 4. The molecule has 2 aromatic rings. The van der Waals surface area contributed by atoms with Gasteiger partial charge in [0, 0.05) is 30.1 Å². The Morgan fingerprint density at radius 1 is 1.21 bits per heavy atom. The number of rotatable bonds is 4. The number of amidine groups is 1. The van der Waals surface area contributed by atoms with E-state index in [0.717, 1.165) is 35.8 Å². The highest BCUT2D eigenvalue weighted by atomic mass is 16.5. The molecule has 0 unspecified atom stereocenters. The zero-order valence-corrected chi connectivity index (χ0v) is 10.5. The molecule has 0 saturated carbocycles. The fourth-order valence-electron chi connectivity index (χ4n) is 1.97. The lowest BCUT2D eigenvalue weighted by Crippen LogP contribution is -2.19. The summed E-state index contributed by atoms with van der Waals surface area (Å²) in [6.07, 6.45) is 3.57. The van der Waals surface area contributed by atoms with Crippen LogP contribution in [0.2, 0.25) is 0 Å². The highest BCUT2D eigenvalue weighted by Crippen LogP contribution is 2.16. The van der Waals surface area contributed by atoms with Crippen molar-refractivity contribution in [1.29, 1.82) is 0 Å². The standard InChI is InChI=1S/C15H15N3O/c1-4-13(15-17-7-8-18-15)9-14(5-1)19-11-12-3-2-6-16-10-12/h1-6,9-10H,7-8,11H2,(H,17,18). The predicted molar refractivity (Wildman–Crippen MR) is 74.4 cm³/mol. The Kier molecular flexibility index (Phi) is 3.40. The van der Waals surface area contributed by atoms with Crippen LogP contribution in [0.4, 0.5) is 0 Å². The summed E-state index contributed by atoms with van der Waals surface area (Å²) in [5.74, 6) is 1.80. The second kappa shape index (κ2) is 5.52. The lowest BCUT2D eigenvalue weighted by Gasteiger charge is -2.08. The van der Waals surface area contributed by atoms with Gasteiger partial charge in [-0.3, -0.25) is 9.98 Å². The molecule has 19 heavy (non-hydrogen) atoms. The molecule has 1 aliphatic heterocycles. The van der Waals surface area contributed by atoms with Crippen molar-refractivity contribution in [2.45, 2.75) is 6.61 Å². The lowest BCUT2D eigenvalue weighted by atomic mass is 10.2. The molecule has 1 aromatic heterocycles. The van der Waals surface area contributed by atoms with Crippen LogP contribution in [0.15, 0.2) is 53.8 Å². The van der Waals surface area contributed by atoms with E-state index in [-0.39, 0.29) is 0 Å². The van der Waals surface area contributed by atoms with E-state index in [4.69, 9.17) is 4.74 Å². The van der Waals surface area contributed by atoms with Gasteiger partial charge in [-0.2, -0.15) is 0 Å². The van der Waals surface area contributed by atoms with Crippen molar-refractivity contribution in [1.82, 2.24) is 10.3 Å². The fourth-order valence-corrected chi connectivity index (χ4v) is 1.97. The third kappa shape index (κ3) is 2.91. The summed E-state index contributed by atoms with van der Waals surface area (Å²) in [7, 11) is 0. The van der Waals surface area contributed by atoms with Gasteiger partial charge in [0.25, 0.3) is 0 Å². The Bertz CT molecular complexity index is 581. The number of nitrogens with zero attached hydrogens (tertiary/aromatic N) is 2. The molecule has 0 amide bonds. The van der Waals surface area contributed by atoms with Gasteiger partial charge in [-0.15, -0.1) is 0 Å². The highest BCUT2D eigenvalue weighted by molar-refractivity contribution is 6.00. The molecule has 3 rings (SSSR count). The SMILES string of the molecule is c1cncc(COc2cccc(C3=NCCN3)c2)c1. The number of ether oxygens (including phenoxy) is 1. The van der Waals surface area contributed by atoms with Crippen LogP contribution in [0.1, 0.15) is 11.1 Å². The number of aromatic nitrogens is 1. The zero-order chi connectivity index (χ0) is 12.9. The van der Waals surface area contributed by atoms with Crippen LogP contribution in [0.25, 0.3) is 0 Å². The normalized spacial score (nSPS) is 13.8. The average molecular weight is 253 g/mol. The van der Waals surface area contributed by atoms with Crippen LogP contribution in [-0.2, 0) is 6.61 Å². The summed E-state index contributed by atoms with van der Waals surface area (Å²) in [4.78, 5) is 8.47. The number of aliphatic imine (C=N–C) groups is 1. The van der Waals surface area contributed by atoms with Gasteiger partial charge in [-0.25, -0.2) is 0 Å². The zero-order valence-electron chi connectivity index (χ0n) is 10.5. The number of benzene rings is 1. The molecule has 4 heteroatoms. The van der Waals surface area contributed by atoms with Crippen molar-refractivity contribution in [2.24, 2.45) is 4.99 Å². The molecule has 1 aliphatic rings.